The molecule has 2 amide bonds. The molecule has 32 heavy (non-hydrogen) atoms. The second-order valence-corrected chi connectivity index (χ2v) is 12.0. The minimum Gasteiger partial charge on any atom is -0.353 e. The molecule has 8 heteroatoms. The smallest absolute Gasteiger partial charge is 0.243 e. The Hall–Kier alpha value is -1.93. The SMILES string of the molecule is CN1C(=O)C(C)(C)c2cc(S(=O)(=O)N3CCC[C@@H](C(=O)NC4CCCCCC4)C3)ccc21. The number of likely N-dealkylation sites (N-methyl/N-ethyl adjacent to an activating group) is 1. The van der Waals surface area contributed by atoms with Gasteiger partial charge >= 0.3 is 0 Å². The Bertz CT molecular complexity index is 996. The first-order chi connectivity index (χ1) is 15.1. The molecular weight excluding hydrogens is 426 g/mol. The van der Waals surface area contributed by atoms with E-state index in [1.165, 1.54) is 17.1 Å². The monoisotopic (exact) mass is 461 g/mol. The summed E-state index contributed by atoms with van der Waals surface area (Å²) in [5.74, 6) is -0.380. The highest BCUT2D eigenvalue weighted by Crippen LogP contribution is 2.42. The molecule has 7 nitrogen and oxygen atoms in total. The Morgan fingerprint density at radius 3 is 2.44 bits per heavy atom. The van der Waals surface area contributed by atoms with Crippen molar-refractivity contribution >= 4 is 27.5 Å². The van der Waals surface area contributed by atoms with Gasteiger partial charge in [-0.2, -0.15) is 4.31 Å². The average Bonchev–Trinajstić information content (AvgIpc) is 2.98. The number of benzene rings is 1. The van der Waals surface area contributed by atoms with Crippen LogP contribution in [0.15, 0.2) is 23.1 Å². The summed E-state index contributed by atoms with van der Waals surface area (Å²) in [6.07, 6.45) is 8.13. The summed E-state index contributed by atoms with van der Waals surface area (Å²) in [6.45, 7) is 4.26. The van der Waals surface area contributed by atoms with E-state index in [2.05, 4.69) is 5.32 Å². The molecule has 0 spiro atoms. The standard InChI is InChI=1S/C24H35N3O4S/c1-24(2)20-15-19(12-13-21(20)26(3)23(24)29)32(30,31)27-14-8-9-17(16-27)22(28)25-18-10-6-4-5-7-11-18/h12-13,15,17-18H,4-11,14,16H2,1-3H3,(H,25,28)/t17-/m1/s1. The summed E-state index contributed by atoms with van der Waals surface area (Å²) in [6, 6.07) is 5.15. The van der Waals surface area contributed by atoms with Gasteiger partial charge in [-0.15, -0.1) is 0 Å². The molecular formula is C24H35N3O4S. The third-order valence-electron chi connectivity index (χ3n) is 7.44. The van der Waals surface area contributed by atoms with Crippen molar-refractivity contribution in [3.05, 3.63) is 23.8 Å². The van der Waals surface area contributed by atoms with Crippen molar-refractivity contribution < 1.29 is 18.0 Å². The minimum atomic E-state index is -3.75. The average molecular weight is 462 g/mol. The fourth-order valence-electron chi connectivity index (χ4n) is 5.38. The zero-order valence-corrected chi connectivity index (χ0v) is 20.2. The molecule has 1 atom stereocenters. The van der Waals surface area contributed by atoms with Crippen LogP contribution in [0.1, 0.15) is 70.8 Å². The normalized spacial score (nSPS) is 24.8. The largest absolute Gasteiger partial charge is 0.353 e. The number of nitrogens with zero attached hydrogens (tertiary/aromatic N) is 2. The summed E-state index contributed by atoms with van der Waals surface area (Å²) in [7, 11) is -2.04. The van der Waals surface area contributed by atoms with Crippen molar-refractivity contribution in [2.24, 2.45) is 5.92 Å². The predicted octanol–water partition coefficient (Wildman–Crippen LogP) is 3.18. The molecule has 0 bridgehead atoms. The Morgan fingerprint density at radius 1 is 1.06 bits per heavy atom. The van der Waals surface area contributed by atoms with Gasteiger partial charge in [0, 0.05) is 31.9 Å². The molecule has 2 aliphatic heterocycles. The minimum absolute atomic E-state index is 0.0147. The highest BCUT2D eigenvalue weighted by Gasteiger charge is 2.43. The van der Waals surface area contributed by atoms with E-state index in [1.54, 1.807) is 30.1 Å². The van der Waals surface area contributed by atoms with Gasteiger partial charge in [-0.1, -0.05) is 25.7 Å². The maximum absolute atomic E-state index is 13.5. The van der Waals surface area contributed by atoms with Crippen LogP contribution in [0.2, 0.25) is 0 Å². The number of fused-ring (bicyclic) bond motifs is 1. The number of piperidine rings is 1. The van der Waals surface area contributed by atoms with Gasteiger partial charge in [0.15, 0.2) is 0 Å². The summed E-state index contributed by atoms with van der Waals surface area (Å²) in [5, 5.41) is 3.19. The lowest BCUT2D eigenvalue weighted by atomic mass is 9.86. The molecule has 2 fully saturated rings. The van der Waals surface area contributed by atoms with Gasteiger partial charge in [0.1, 0.15) is 0 Å². The Kier molecular flexibility index (Phi) is 6.38. The Balaban J connectivity index is 1.50. The van der Waals surface area contributed by atoms with Gasteiger partial charge in [0.25, 0.3) is 0 Å². The first-order valence-corrected chi connectivity index (χ1v) is 13.3. The lowest BCUT2D eigenvalue weighted by Gasteiger charge is -2.32. The van der Waals surface area contributed by atoms with E-state index in [0.29, 0.717) is 19.4 Å². The maximum atomic E-state index is 13.5. The Morgan fingerprint density at radius 2 is 1.75 bits per heavy atom. The van der Waals surface area contributed by atoms with Gasteiger partial charge in [-0.25, -0.2) is 8.42 Å². The molecule has 0 radical (unpaired) electrons. The third-order valence-corrected chi connectivity index (χ3v) is 9.30. The highest BCUT2D eigenvalue weighted by molar-refractivity contribution is 7.89. The molecule has 1 N–H and O–H groups in total. The van der Waals surface area contributed by atoms with Crippen LogP contribution in [0.4, 0.5) is 5.69 Å². The van der Waals surface area contributed by atoms with Crippen molar-refractivity contribution in [3.8, 4) is 0 Å². The molecule has 4 rings (SSSR count). The lowest BCUT2D eigenvalue weighted by Crippen LogP contribution is -2.47. The number of hydrogen-bond acceptors (Lipinski definition) is 4. The number of sulfonamides is 1. The number of anilines is 1. The van der Waals surface area contributed by atoms with E-state index in [4.69, 9.17) is 0 Å². The zero-order chi connectivity index (χ0) is 23.1. The van der Waals surface area contributed by atoms with Crippen molar-refractivity contribution in [1.29, 1.82) is 0 Å². The van der Waals surface area contributed by atoms with Crippen molar-refractivity contribution in [2.45, 2.75) is 81.6 Å². The quantitative estimate of drug-likeness (QED) is 0.698. The van der Waals surface area contributed by atoms with Crippen LogP contribution in [0, 0.1) is 5.92 Å². The lowest BCUT2D eigenvalue weighted by molar-refractivity contribution is -0.127. The molecule has 1 saturated carbocycles. The van der Waals surface area contributed by atoms with E-state index < -0.39 is 15.4 Å². The van der Waals surface area contributed by atoms with Crippen LogP contribution in [-0.4, -0.2) is 50.7 Å². The van der Waals surface area contributed by atoms with Gasteiger partial charge in [0.05, 0.1) is 16.2 Å². The summed E-state index contributed by atoms with van der Waals surface area (Å²) in [5.41, 5.74) is 0.711. The van der Waals surface area contributed by atoms with Crippen LogP contribution < -0.4 is 10.2 Å². The second-order valence-electron chi connectivity index (χ2n) is 10.1. The zero-order valence-electron chi connectivity index (χ0n) is 19.4. The van der Waals surface area contributed by atoms with Gasteiger partial charge < -0.3 is 10.2 Å². The Labute approximate surface area is 191 Å². The molecule has 3 aliphatic rings. The van der Waals surface area contributed by atoms with E-state index in [0.717, 1.165) is 36.9 Å². The number of carbonyl (C=O) groups excluding carboxylic acids is 2. The van der Waals surface area contributed by atoms with Crippen LogP contribution in [0.3, 0.4) is 0 Å². The highest BCUT2D eigenvalue weighted by atomic mass is 32.2. The van der Waals surface area contributed by atoms with E-state index >= 15 is 0 Å². The van der Waals surface area contributed by atoms with E-state index in [1.807, 2.05) is 13.8 Å². The summed E-state index contributed by atoms with van der Waals surface area (Å²) < 4.78 is 28.4. The molecule has 0 unspecified atom stereocenters. The van der Waals surface area contributed by atoms with Crippen LogP contribution in [-0.2, 0) is 25.0 Å². The van der Waals surface area contributed by atoms with Gasteiger partial charge in [-0.05, 0) is 63.3 Å². The number of hydrogen-bond donors (Lipinski definition) is 1. The van der Waals surface area contributed by atoms with Gasteiger partial charge in [0.2, 0.25) is 21.8 Å². The number of rotatable bonds is 4. The topological polar surface area (TPSA) is 86.8 Å². The first-order valence-electron chi connectivity index (χ1n) is 11.9. The third kappa shape index (κ3) is 4.19. The first kappa shape index (κ1) is 23.2. The molecule has 1 aliphatic carbocycles. The molecule has 1 saturated heterocycles. The summed E-state index contributed by atoms with van der Waals surface area (Å²) in [4.78, 5) is 27.3. The molecule has 2 heterocycles. The fourth-order valence-corrected chi connectivity index (χ4v) is 6.93. The number of carbonyl (C=O) groups is 2. The van der Waals surface area contributed by atoms with Crippen molar-refractivity contribution in [3.63, 3.8) is 0 Å². The number of amides is 2. The van der Waals surface area contributed by atoms with E-state index in [-0.39, 0.29) is 35.2 Å². The summed E-state index contributed by atoms with van der Waals surface area (Å²) >= 11 is 0. The molecule has 1 aromatic carbocycles. The van der Waals surface area contributed by atoms with Crippen molar-refractivity contribution in [1.82, 2.24) is 9.62 Å². The molecule has 0 aromatic heterocycles. The number of nitrogens with one attached hydrogen (secondary N) is 1. The van der Waals surface area contributed by atoms with Crippen LogP contribution >= 0.6 is 0 Å². The fraction of sp³-hybridized carbons (Fsp3) is 0.667. The predicted molar refractivity (Wildman–Crippen MR) is 124 cm³/mol. The molecule has 176 valence electrons. The van der Waals surface area contributed by atoms with E-state index in [9.17, 15) is 18.0 Å². The van der Waals surface area contributed by atoms with Gasteiger partial charge in [-0.3, -0.25) is 9.59 Å². The van der Waals surface area contributed by atoms with Crippen LogP contribution in [0.25, 0.3) is 0 Å². The second kappa shape index (κ2) is 8.78. The van der Waals surface area contributed by atoms with Crippen LogP contribution in [0.5, 0.6) is 0 Å². The maximum Gasteiger partial charge on any atom is 0.243 e. The molecule has 1 aromatic rings. The van der Waals surface area contributed by atoms with Crippen molar-refractivity contribution in [2.75, 3.05) is 25.0 Å².